The van der Waals surface area contributed by atoms with Crippen LogP contribution in [0, 0.1) is 5.82 Å². The second-order valence-corrected chi connectivity index (χ2v) is 9.14. The molecule has 8 nitrogen and oxygen atoms in total. The summed E-state index contributed by atoms with van der Waals surface area (Å²) in [5.74, 6) is -0.255. The molecule has 0 unspecified atom stereocenters. The van der Waals surface area contributed by atoms with Crippen LogP contribution in [0.25, 0.3) is 0 Å². The molecule has 2 fully saturated rings. The highest BCUT2D eigenvalue weighted by Gasteiger charge is 2.28. The van der Waals surface area contributed by atoms with Crippen molar-refractivity contribution in [2.75, 3.05) is 13.1 Å². The molecule has 5 rings (SSSR count). The van der Waals surface area contributed by atoms with Gasteiger partial charge in [0.15, 0.2) is 0 Å². The number of likely N-dealkylation sites (tertiary alicyclic amines) is 1. The first-order valence-corrected chi connectivity index (χ1v) is 11.7. The van der Waals surface area contributed by atoms with Gasteiger partial charge in [-0.1, -0.05) is 36.3 Å². The van der Waals surface area contributed by atoms with Crippen molar-refractivity contribution < 1.29 is 13.9 Å². The number of urea groups is 1. The Morgan fingerprint density at radius 3 is 2.56 bits per heavy atom. The van der Waals surface area contributed by atoms with Crippen LogP contribution in [0.4, 0.5) is 9.18 Å². The number of hydrogen-bond donors (Lipinski definition) is 2. The first-order chi connectivity index (χ1) is 15.7. The van der Waals surface area contributed by atoms with Gasteiger partial charge in [-0.25, -0.2) is 13.9 Å². The van der Waals surface area contributed by atoms with Gasteiger partial charge >= 0.3 is 6.03 Å². The Balaban J connectivity index is 1.11. The molecule has 1 aromatic carbocycles. The van der Waals surface area contributed by atoms with E-state index in [0.717, 1.165) is 50.2 Å². The minimum atomic E-state index is -0.351. The molecule has 0 radical (unpaired) electrons. The molecule has 2 N–H and O–H groups in total. The van der Waals surface area contributed by atoms with Gasteiger partial charge in [0.05, 0.1) is 18.8 Å². The highest BCUT2D eigenvalue weighted by molar-refractivity contribution is 5.74. The summed E-state index contributed by atoms with van der Waals surface area (Å²) in [5.41, 5.74) is 2.44. The lowest BCUT2D eigenvalue weighted by Gasteiger charge is -2.32. The zero-order valence-electron chi connectivity index (χ0n) is 18.3. The maximum absolute atomic E-state index is 14.1. The third-order valence-corrected chi connectivity index (χ3v) is 6.92. The number of benzene rings is 1. The Hall–Kier alpha value is -2.52. The number of nitrogens with one attached hydrogen (secondary N) is 2. The number of hydrogen-bond acceptors (Lipinski definition) is 5. The van der Waals surface area contributed by atoms with Gasteiger partial charge in [0.1, 0.15) is 17.6 Å². The lowest BCUT2D eigenvalue weighted by molar-refractivity contribution is -0.00414. The van der Waals surface area contributed by atoms with Gasteiger partial charge in [-0.3, -0.25) is 4.90 Å². The molecule has 2 aromatic rings. The molecular weight excluding hydrogens is 411 g/mol. The molecule has 3 heterocycles. The van der Waals surface area contributed by atoms with Crippen molar-refractivity contribution in [1.82, 2.24) is 30.5 Å². The van der Waals surface area contributed by atoms with Gasteiger partial charge in [-0.15, -0.1) is 5.10 Å². The average molecular weight is 443 g/mol. The summed E-state index contributed by atoms with van der Waals surface area (Å²) in [5, 5.41) is 14.9. The van der Waals surface area contributed by atoms with Crippen LogP contribution < -0.4 is 10.6 Å². The van der Waals surface area contributed by atoms with Crippen LogP contribution in [0.15, 0.2) is 24.3 Å². The summed E-state index contributed by atoms with van der Waals surface area (Å²) in [7, 11) is 0. The molecule has 32 heavy (non-hydrogen) atoms. The summed E-state index contributed by atoms with van der Waals surface area (Å²) in [6.07, 6.45) is 6.12. The zero-order valence-corrected chi connectivity index (χ0v) is 18.3. The first kappa shape index (κ1) is 21.3. The monoisotopic (exact) mass is 442 g/mol. The van der Waals surface area contributed by atoms with E-state index < -0.39 is 0 Å². The van der Waals surface area contributed by atoms with Gasteiger partial charge in [0.25, 0.3) is 0 Å². The summed E-state index contributed by atoms with van der Waals surface area (Å²) in [6, 6.07) is 7.25. The number of halogens is 1. The number of carbonyl (C=O) groups is 1. The van der Waals surface area contributed by atoms with Crippen LogP contribution in [-0.2, 0) is 24.4 Å². The normalized spacial score (nSPS) is 22.6. The van der Waals surface area contributed by atoms with Crippen molar-refractivity contribution in [3.63, 3.8) is 0 Å². The van der Waals surface area contributed by atoms with Gasteiger partial charge in [-0.2, -0.15) is 0 Å². The van der Waals surface area contributed by atoms with E-state index in [1.807, 2.05) is 10.7 Å². The first-order valence-electron chi connectivity index (χ1n) is 11.7. The highest BCUT2D eigenvalue weighted by Crippen LogP contribution is 2.29. The molecule has 1 aromatic heterocycles. The second-order valence-electron chi connectivity index (χ2n) is 9.14. The summed E-state index contributed by atoms with van der Waals surface area (Å²) >= 11 is 0. The Kier molecular flexibility index (Phi) is 6.36. The van der Waals surface area contributed by atoms with Crippen LogP contribution in [0.5, 0.6) is 0 Å². The standard InChI is InChI=1S/C23H31FN6O2/c24-19-8-4-3-7-18(19)22-14-30-21(15-32-22)20(27-28-30)13-29-11-9-17(10-12-29)26-23(31)25-16-5-1-2-6-16/h3-4,7-8,16-17,22H,1-2,5-6,9-15H2,(H2,25,26,31)/t22-/m1/s1. The van der Waals surface area contributed by atoms with Gasteiger partial charge < -0.3 is 15.4 Å². The molecule has 9 heteroatoms. The molecule has 172 valence electrons. The van der Waals surface area contributed by atoms with Crippen molar-refractivity contribution in [3.8, 4) is 0 Å². The summed E-state index contributed by atoms with van der Waals surface area (Å²) in [4.78, 5) is 14.6. The largest absolute Gasteiger partial charge is 0.365 e. The number of carbonyl (C=O) groups excluding carboxylic acids is 1. The fourth-order valence-corrected chi connectivity index (χ4v) is 5.04. The van der Waals surface area contributed by atoms with Crippen LogP contribution in [0.1, 0.15) is 61.6 Å². The van der Waals surface area contributed by atoms with Gasteiger partial charge in [-0.05, 0) is 31.7 Å². The van der Waals surface area contributed by atoms with Gasteiger partial charge in [0.2, 0.25) is 0 Å². The molecule has 1 atom stereocenters. The number of ether oxygens (including phenoxy) is 1. The van der Waals surface area contributed by atoms with Gasteiger partial charge in [0, 0.05) is 37.3 Å². The Morgan fingerprint density at radius 1 is 1.09 bits per heavy atom. The number of amides is 2. The van der Waals surface area contributed by atoms with E-state index >= 15 is 0 Å². The number of rotatable bonds is 5. The third kappa shape index (κ3) is 4.78. The molecular formula is C23H31FN6O2. The Bertz CT molecular complexity index is 936. The zero-order chi connectivity index (χ0) is 21.9. The number of aromatic nitrogens is 3. The number of piperidine rings is 1. The maximum Gasteiger partial charge on any atom is 0.315 e. The quantitative estimate of drug-likeness (QED) is 0.744. The van der Waals surface area contributed by atoms with E-state index in [2.05, 4.69) is 25.8 Å². The van der Waals surface area contributed by atoms with E-state index in [4.69, 9.17) is 4.74 Å². The average Bonchev–Trinajstić information content (AvgIpc) is 3.45. The molecule has 0 bridgehead atoms. The van der Waals surface area contributed by atoms with E-state index in [9.17, 15) is 9.18 Å². The van der Waals surface area contributed by atoms with E-state index in [1.54, 1.807) is 12.1 Å². The Morgan fingerprint density at radius 2 is 1.81 bits per heavy atom. The van der Waals surface area contributed by atoms with E-state index in [-0.39, 0.29) is 24.0 Å². The lowest BCUT2D eigenvalue weighted by atomic mass is 10.0. The summed E-state index contributed by atoms with van der Waals surface area (Å²) < 4.78 is 21.9. The minimum absolute atomic E-state index is 0.0238. The van der Waals surface area contributed by atoms with Crippen molar-refractivity contribution in [2.45, 2.75) is 76.4 Å². The highest BCUT2D eigenvalue weighted by atomic mass is 19.1. The molecule has 1 saturated carbocycles. The smallest absolute Gasteiger partial charge is 0.315 e. The molecule has 2 aliphatic heterocycles. The number of nitrogens with zero attached hydrogens (tertiary/aromatic N) is 4. The van der Waals surface area contributed by atoms with Crippen LogP contribution in [0.3, 0.4) is 0 Å². The molecule has 0 spiro atoms. The van der Waals surface area contributed by atoms with Crippen LogP contribution in [-0.4, -0.2) is 51.1 Å². The molecule has 1 aliphatic carbocycles. The second kappa shape index (κ2) is 9.54. The van der Waals surface area contributed by atoms with Crippen LogP contribution in [0.2, 0.25) is 0 Å². The molecule has 3 aliphatic rings. The predicted molar refractivity (Wildman–Crippen MR) is 116 cm³/mol. The number of fused-ring (bicyclic) bond motifs is 1. The topological polar surface area (TPSA) is 84.3 Å². The fraction of sp³-hybridized carbons (Fsp3) is 0.609. The fourth-order valence-electron chi connectivity index (χ4n) is 5.04. The molecule has 2 amide bonds. The van der Waals surface area contributed by atoms with E-state index in [1.165, 1.54) is 18.9 Å². The Labute approximate surface area is 187 Å². The summed E-state index contributed by atoms with van der Waals surface area (Å²) in [6.45, 7) is 3.36. The van der Waals surface area contributed by atoms with Crippen molar-refractivity contribution in [2.24, 2.45) is 0 Å². The maximum atomic E-state index is 14.1. The van der Waals surface area contributed by atoms with Crippen molar-refractivity contribution >= 4 is 6.03 Å². The molecule has 1 saturated heterocycles. The lowest BCUT2D eigenvalue weighted by Crippen LogP contribution is -2.49. The van der Waals surface area contributed by atoms with Crippen molar-refractivity contribution in [1.29, 1.82) is 0 Å². The predicted octanol–water partition coefficient (Wildman–Crippen LogP) is 2.89. The van der Waals surface area contributed by atoms with Crippen LogP contribution >= 0.6 is 0 Å². The third-order valence-electron chi connectivity index (χ3n) is 6.92. The minimum Gasteiger partial charge on any atom is -0.365 e. The van der Waals surface area contributed by atoms with Crippen molar-refractivity contribution in [3.05, 3.63) is 47.0 Å². The van der Waals surface area contributed by atoms with E-state index in [0.29, 0.717) is 31.3 Å². The SMILES string of the molecule is O=C(NC1CCCC1)NC1CCN(Cc2nnn3c2CO[C@@H](c2ccccc2F)C3)CC1.